The van der Waals surface area contributed by atoms with Gasteiger partial charge in [0.05, 0.1) is 16.2 Å². The van der Waals surface area contributed by atoms with Crippen molar-refractivity contribution < 1.29 is 14.7 Å². The molecule has 0 radical (unpaired) electrons. The second-order valence-corrected chi connectivity index (χ2v) is 9.67. The molecule has 1 aliphatic rings. The highest BCUT2D eigenvalue weighted by Crippen LogP contribution is 2.32. The molecular formula is C26H17Cl2N3O3S. The lowest BCUT2D eigenvalue weighted by molar-refractivity contribution is -0.115. The number of aromatic nitrogens is 1. The van der Waals surface area contributed by atoms with Gasteiger partial charge in [0.1, 0.15) is 0 Å². The van der Waals surface area contributed by atoms with Gasteiger partial charge in [-0.1, -0.05) is 47.5 Å². The number of nitrogens with zero attached hydrogens (tertiary/aromatic N) is 2. The van der Waals surface area contributed by atoms with Gasteiger partial charge in [-0.3, -0.25) is 4.79 Å². The maximum absolute atomic E-state index is 12.6. The number of rotatable bonds is 5. The third-order valence-corrected chi connectivity index (χ3v) is 6.95. The predicted molar refractivity (Wildman–Crippen MR) is 142 cm³/mol. The molecular weight excluding hydrogens is 505 g/mol. The summed E-state index contributed by atoms with van der Waals surface area (Å²) in [6.45, 7) is 0.554. The molecule has 0 unspecified atom stereocenters. The van der Waals surface area contributed by atoms with Crippen molar-refractivity contribution in [3.8, 4) is 0 Å². The summed E-state index contributed by atoms with van der Waals surface area (Å²) in [5.74, 6) is -1.25. The van der Waals surface area contributed by atoms with Crippen molar-refractivity contribution in [1.29, 1.82) is 0 Å². The highest BCUT2D eigenvalue weighted by molar-refractivity contribution is 8.18. The second kappa shape index (κ2) is 9.62. The van der Waals surface area contributed by atoms with E-state index in [0.717, 1.165) is 22.0 Å². The molecule has 6 nitrogen and oxygen atoms in total. The van der Waals surface area contributed by atoms with Gasteiger partial charge < -0.3 is 15.0 Å². The van der Waals surface area contributed by atoms with E-state index in [1.54, 1.807) is 18.2 Å². The molecule has 5 rings (SSSR count). The van der Waals surface area contributed by atoms with Crippen LogP contribution in [-0.2, 0) is 11.3 Å². The molecule has 1 saturated heterocycles. The van der Waals surface area contributed by atoms with E-state index in [0.29, 0.717) is 32.4 Å². The van der Waals surface area contributed by atoms with Crippen molar-refractivity contribution >= 4 is 74.7 Å². The van der Waals surface area contributed by atoms with Gasteiger partial charge in [-0.25, -0.2) is 9.79 Å². The Labute approximate surface area is 214 Å². The van der Waals surface area contributed by atoms with Gasteiger partial charge in [0.25, 0.3) is 5.91 Å². The molecule has 1 fully saturated rings. The maximum Gasteiger partial charge on any atom is 0.335 e. The van der Waals surface area contributed by atoms with Gasteiger partial charge in [-0.15, -0.1) is 0 Å². The van der Waals surface area contributed by atoms with E-state index in [2.05, 4.69) is 14.9 Å². The van der Waals surface area contributed by atoms with Gasteiger partial charge in [0.15, 0.2) is 5.17 Å². The number of hydrogen-bond acceptors (Lipinski definition) is 4. The van der Waals surface area contributed by atoms with Crippen molar-refractivity contribution in [2.24, 2.45) is 4.99 Å². The van der Waals surface area contributed by atoms with Crippen molar-refractivity contribution in [3.05, 3.63) is 105 Å². The van der Waals surface area contributed by atoms with Gasteiger partial charge in [-0.05, 0) is 65.9 Å². The molecule has 0 aliphatic carbocycles. The number of carbonyl (C=O) groups is 2. The number of thioether (sulfide) groups is 1. The molecule has 0 spiro atoms. The third-order valence-electron chi connectivity index (χ3n) is 5.46. The number of amidine groups is 1. The summed E-state index contributed by atoms with van der Waals surface area (Å²) >= 11 is 13.7. The summed E-state index contributed by atoms with van der Waals surface area (Å²) in [6.07, 6.45) is 3.84. The fourth-order valence-electron chi connectivity index (χ4n) is 3.77. The Hall–Kier alpha value is -3.52. The average Bonchev–Trinajstić information content (AvgIpc) is 3.36. The van der Waals surface area contributed by atoms with Crippen molar-refractivity contribution in [2.75, 3.05) is 0 Å². The van der Waals surface area contributed by atoms with Crippen molar-refractivity contribution in [2.45, 2.75) is 6.54 Å². The number of benzene rings is 3. The first-order chi connectivity index (χ1) is 16.9. The topological polar surface area (TPSA) is 83.7 Å². The predicted octanol–water partition coefficient (Wildman–Crippen LogP) is 6.59. The van der Waals surface area contributed by atoms with Gasteiger partial charge in [-0.2, -0.15) is 0 Å². The Morgan fingerprint density at radius 1 is 1.09 bits per heavy atom. The van der Waals surface area contributed by atoms with Crippen LogP contribution in [0.25, 0.3) is 17.0 Å². The molecule has 0 bridgehead atoms. The Balaban J connectivity index is 1.44. The fraction of sp³-hybridized carbons (Fsp3) is 0.0385. The maximum atomic E-state index is 12.6. The first kappa shape index (κ1) is 23.2. The number of para-hydroxylation sites is 1. The SMILES string of the molecule is O=C1NC(=Nc2ccc(C(=O)O)cc2)S/C1=C\c1cn(Cc2ccc(Cl)cc2Cl)c2ccccc12. The molecule has 4 aromatic rings. The molecule has 2 N–H and O–H groups in total. The minimum atomic E-state index is -1.00. The number of aliphatic imine (C=N–C) groups is 1. The number of amides is 1. The van der Waals surface area contributed by atoms with Crippen LogP contribution < -0.4 is 5.32 Å². The Morgan fingerprint density at radius 2 is 1.86 bits per heavy atom. The minimum Gasteiger partial charge on any atom is -0.478 e. The normalized spacial score (nSPS) is 15.8. The van der Waals surface area contributed by atoms with E-state index in [-0.39, 0.29) is 11.5 Å². The third kappa shape index (κ3) is 4.98. The monoisotopic (exact) mass is 521 g/mol. The van der Waals surface area contributed by atoms with Crippen LogP contribution in [0.2, 0.25) is 10.0 Å². The molecule has 1 amide bonds. The van der Waals surface area contributed by atoms with E-state index in [1.165, 1.54) is 23.9 Å². The summed E-state index contributed by atoms with van der Waals surface area (Å²) in [4.78, 5) is 28.6. The number of carbonyl (C=O) groups excluding carboxylic acids is 1. The molecule has 174 valence electrons. The molecule has 0 atom stereocenters. The van der Waals surface area contributed by atoms with E-state index < -0.39 is 5.97 Å². The summed E-state index contributed by atoms with van der Waals surface area (Å²) < 4.78 is 2.09. The summed E-state index contributed by atoms with van der Waals surface area (Å²) in [5, 5.41) is 14.4. The van der Waals surface area contributed by atoms with Crippen molar-refractivity contribution in [3.63, 3.8) is 0 Å². The summed E-state index contributed by atoms with van der Waals surface area (Å²) in [7, 11) is 0. The van der Waals surface area contributed by atoms with Crippen LogP contribution >= 0.6 is 35.0 Å². The van der Waals surface area contributed by atoms with Crippen LogP contribution in [0.3, 0.4) is 0 Å². The Kier molecular flexibility index (Phi) is 6.38. The first-order valence-electron chi connectivity index (χ1n) is 10.5. The lowest BCUT2D eigenvalue weighted by Crippen LogP contribution is -2.19. The number of carboxylic acid groups (broad SMARTS) is 1. The van der Waals surface area contributed by atoms with Gasteiger partial charge in [0.2, 0.25) is 0 Å². The summed E-state index contributed by atoms with van der Waals surface area (Å²) in [5.41, 5.74) is 3.58. The van der Waals surface area contributed by atoms with Crippen LogP contribution in [0.15, 0.2) is 82.8 Å². The van der Waals surface area contributed by atoms with E-state index in [4.69, 9.17) is 28.3 Å². The molecule has 2 heterocycles. The molecule has 3 aromatic carbocycles. The van der Waals surface area contributed by atoms with Gasteiger partial charge in [0, 0.05) is 39.3 Å². The molecule has 9 heteroatoms. The standard InChI is InChI=1S/C26H17Cl2N3O3S/c27-18-8-5-16(21(28)12-18)13-31-14-17(20-3-1-2-4-22(20)31)11-23-24(32)30-26(35-23)29-19-9-6-15(7-10-19)25(33)34/h1-12,14H,13H2,(H,33,34)(H,29,30,32)/b23-11-. The molecule has 1 aliphatic heterocycles. The molecule has 35 heavy (non-hydrogen) atoms. The summed E-state index contributed by atoms with van der Waals surface area (Å²) in [6, 6.07) is 19.5. The van der Waals surface area contributed by atoms with Crippen LogP contribution in [0.4, 0.5) is 5.69 Å². The number of fused-ring (bicyclic) bond motifs is 1. The highest BCUT2D eigenvalue weighted by atomic mass is 35.5. The largest absolute Gasteiger partial charge is 0.478 e. The zero-order chi connectivity index (χ0) is 24.5. The lowest BCUT2D eigenvalue weighted by Gasteiger charge is -2.08. The highest BCUT2D eigenvalue weighted by Gasteiger charge is 2.24. The second-order valence-electron chi connectivity index (χ2n) is 7.80. The smallest absolute Gasteiger partial charge is 0.335 e. The number of hydrogen-bond donors (Lipinski definition) is 2. The van der Waals surface area contributed by atoms with Crippen LogP contribution in [0, 0.1) is 0 Å². The zero-order valence-corrected chi connectivity index (χ0v) is 20.4. The zero-order valence-electron chi connectivity index (χ0n) is 18.0. The molecule has 0 saturated carbocycles. The molecule has 1 aromatic heterocycles. The minimum absolute atomic E-state index is 0.175. The number of carboxylic acids is 1. The Bertz CT molecular complexity index is 1540. The van der Waals surface area contributed by atoms with Gasteiger partial charge >= 0.3 is 5.97 Å². The van der Waals surface area contributed by atoms with Crippen LogP contribution in [-0.4, -0.2) is 26.7 Å². The number of nitrogens with one attached hydrogen (secondary N) is 1. The fourth-order valence-corrected chi connectivity index (χ4v) is 5.07. The van der Waals surface area contributed by atoms with Crippen molar-refractivity contribution in [1.82, 2.24) is 9.88 Å². The van der Waals surface area contributed by atoms with E-state index >= 15 is 0 Å². The quantitative estimate of drug-likeness (QED) is 0.290. The Morgan fingerprint density at radius 3 is 2.60 bits per heavy atom. The van der Waals surface area contributed by atoms with E-state index in [9.17, 15) is 9.59 Å². The average molecular weight is 522 g/mol. The van der Waals surface area contributed by atoms with Crippen LogP contribution in [0.5, 0.6) is 0 Å². The number of aromatic carboxylic acids is 1. The van der Waals surface area contributed by atoms with E-state index in [1.807, 2.05) is 48.7 Å². The lowest BCUT2D eigenvalue weighted by atomic mass is 10.1. The first-order valence-corrected chi connectivity index (χ1v) is 12.1. The number of halogens is 2. The van der Waals surface area contributed by atoms with Crippen LogP contribution in [0.1, 0.15) is 21.5 Å².